The lowest BCUT2D eigenvalue weighted by Gasteiger charge is -2.39. The standard InChI is InChI=1S/C18H26N2O4S/c1-13-7-9-19(10-8-13)25(22,23)15-5-6-17-16(11-15)20(14(2)21)12-18(3,4)24-17/h5-6,11,13H,7-10,12H2,1-4H3. The summed E-state index contributed by atoms with van der Waals surface area (Å²) >= 11 is 0. The summed E-state index contributed by atoms with van der Waals surface area (Å²) in [6, 6.07) is 4.80. The fourth-order valence-corrected chi connectivity index (χ4v) is 4.90. The fraction of sp³-hybridized carbons (Fsp3) is 0.611. The van der Waals surface area contributed by atoms with Gasteiger partial charge in [-0.05, 0) is 50.8 Å². The molecule has 0 unspecified atom stereocenters. The van der Waals surface area contributed by atoms with Crippen LogP contribution >= 0.6 is 0 Å². The Kier molecular flexibility index (Phi) is 4.58. The first-order chi connectivity index (χ1) is 11.6. The highest BCUT2D eigenvalue weighted by molar-refractivity contribution is 7.89. The van der Waals surface area contributed by atoms with E-state index in [1.54, 1.807) is 27.4 Å². The third-order valence-electron chi connectivity index (χ3n) is 4.91. The van der Waals surface area contributed by atoms with E-state index in [4.69, 9.17) is 4.74 Å². The summed E-state index contributed by atoms with van der Waals surface area (Å²) < 4.78 is 33.4. The maximum absolute atomic E-state index is 13.0. The van der Waals surface area contributed by atoms with Gasteiger partial charge in [0.2, 0.25) is 15.9 Å². The third kappa shape index (κ3) is 3.53. The zero-order chi connectivity index (χ0) is 18.4. The van der Waals surface area contributed by atoms with Crippen molar-refractivity contribution in [2.24, 2.45) is 5.92 Å². The Balaban J connectivity index is 1.98. The van der Waals surface area contributed by atoms with Crippen LogP contribution in [0.1, 0.15) is 40.5 Å². The summed E-state index contributed by atoms with van der Waals surface area (Å²) in [6.07, 6.45) is 1.75. The van der Waals surface area contributed by atoms with Gasteiger partial charge in [0.1, 0.15) is 11.4 Å². The van der Waals surface area contributed by atoms with Crippen molar-refractivity contribution in [1.29, 1.82) is 0 Å². The molecule has 2 aliphatic heterocycles. The van der Waals surface area contributed by atoms with Gasteiger partial charge in [-0.1, -0.05) is 6.92 Å². The molecular formula is C18H26N2O4S. The Morgan fingerprint density at radius 1 is 1.24 bits per heavy atom. The lowest BCUT2D eigenvalue weighted by molar-refractivity contribution is -0.117. The molecule has 138 valence electrons. The smallest absolute Gasteiger partial charge is 0.243 e. The molecule has 0 radical (unpaired) electrons. The third-order valence-corrected chi connectivity index (χ3v) is 6.80. The van der Waals surface area contributed by atoms with E-state index >= 15 is 0 Å². The Labute approximate surface area is 149 Å². The Hall–Kier alpha value is -1.60. The number of hydrogen-bond donors (Lipinski definition) is 0. The van der Waals surface area contributed by atoms with Crippen LogP contribution in [-0.2, 0) is 14.8 Å². The number of sulfonamides is 1. The van der Waals surface area contributed by atoms with E-state index in [9.17, 15) is 13.2 Å². The summed E-state index contributed by atoms with van der Waals surface area (Å²) in [5.74, 6) is 0.968. The van der Waals surface area contributed by atoms with Gasteiger partial charge in [-0.15, -0.1) is 0 Å². The number of amides is 1. The molecule has 0 bridgehead atoms. The van der Waals surface area contributed by atoms with Gasteiger partial charge in [-0.25, -0.2) is 8.42 Å². The average Bonchev–Trinajstić information content (AvgIpc) is 2.53. The molecule has 7 heteroatoms. The second kappa shape index (κ2) is 6.29. The number of fused-ring (bicyclic) bond motifs is 1. The molecule has 1 saturated heterocycles. The molecule has 0 saturated carbocycles. The quantitative estimate of drug-likeness (QED) is 0.807. The molecule has 6 nitrogen and oxygen atoms in total. The zero-order valence-corrected chi connectivity index (χ0v) is 16.1. The minimum Gasteiger partial charge on any atom is -0.484 e. The van der Waals surface area contributed by atoms with E-state index in [0.717, 1.165) is 12.8 Å². The molecule has 2 heterocycles. The number of carbonyl (C=O) groups excluding carboxylic acids is 1. The van der Waals surface area contributed by atoms with Crippen molar-refractivity contribution in [1.82, 2.24) is 4.31 Å². The maximum atomic E-state index is 13.0. The molecule has 25 heavy (non-hydrogen) atoms. The van der Waals surface area contributed by atoms with Crippen LogP contribution in [0.5, 0.6) is 5.75 Å². The minimum atomic E-state index is -3.56. The van der Waals surface area contributed by atoms with Crippen molar-refractivity contribution in [3.8, 4) is 5.75 Å². The first-order valence-corrected chi connectivity index (χ1v) is 10.2. The molecule has 1 amide bonds. The fourth-order valence-electron chi connectivity index (χ4n) is 3.41. The van der Waals surface area contributed by atoms with Crippen LogP contribution in [0.25, 0.3) is 0 Å². The van der Waals surface area contributed by atoms with E-state index in [1.165, 1.54) is 6.92 Å². The normalized spacial score (nSPS) is 21.5. The lowest BCUT2D eigenvalue weighted by atomic mass is 10.0. The second-order valence-corrected chi connectivity index (χ2v) is 9.62. The summed E-state index contributed by atoms with van der Waals surface area (Å²) in [5, 5.41) is 0. The molecular weight excluding hydrogens is 340 g/mol. The number of rotatable bonds is 2. The van der Waals surface area contributed by atoms with E-state index in [0.29, 0.717) is 37.0 Å². The highest BCUT2D eigenvalue weighted by atomic mass is 32.2. The van der Waals surface area contributed by atoms with Gasteiger partial charge in [0.05, 0.1) is 17.1 Å². The number of ether oxygens (including phenoxy) is 1. The summed E-state index contributed by atoms with van der Waals surface area (Å²) in [7, 11) is -3.56. The number of carbonyl (C=O) groups is 1. The molecule has 2 aliphatic rings. The molecule has 1 aromatic carbocycles. The van der Waals surface area contributed by atoms with E-state index in [1.807, 2.05) is 13.8 Å². The van der Waals surface area contributed by atoms with Crippen LogP contribution in [0.3, 0.4) is 0 Å². The molecule has 0 N–H and O–H groups in total. The molecule has 3 rings (SSSR count). The highest BCUT2D eigenvalue weighted by Crippen LogP contribution is 2.39. The van der Waals surface area contributed by atoms with Crippen LogP contribution in [0, 0.1) is 5.92 Å². The average molecular weight is 366 g/mol. The van der Waals surface area contributed by atoms with Gasteiger partial charge in [0.15, 0.2) is 0 Å². The number of nitrogens with zero attached hydrogens (tertiary/aromatic N) is 2. The number of piperidine rings is 1. The monoisotopic (exact) mass is 366 g/mol. The van der Waals surface area contributed by atoms with Gasteiger partial charge in [0.25, 0.3) is 0 Å². The first kappa shape index (κ1) is 18.2. The van der Waals surface area contributed by atoms with Crippen molar-refractivity contribution >= 4 is 21.6 Å². The number of anilines is 1. The van der Waals surface area contributed by atoms with Crippen LogP contribution in [0.15, 0.2) is 23.1 Å². The van der Waals surface area contributed by atoms with Crippen molar-refractivity contribution in [2.75, 3.05) is 24.5 Å². The van der Waals surface area contributed by atoms with Gasteiger partial charge in [-0.3, -0.25) is 4.79 Å². The number of hydrogen-bond acceptors (Lipinski definition) is 4. The van der Waals surface area contributed by atoms with Crippen LogP contribution in [-0.4, -0.2) is 43.9 Å². The van der Waals surface area contributed by atoms with E-state index in [2.05, 4.69) is 6.92 Å². The number of benzene rings is 1. The van der Waals surface area contributed by atoms with E-state index < -0.39 is 15.6 Å². The second-order valence-electron chi connectivity index (χ2n) is 7.68. The molecule has 0 atom stereocenters. The van der Waals surface area contributed by atoms with Gasteiger partial charge in [0, 0.05) is 20.0 Å². The summed E-state index contributed by atoms with van der Waals surface area (Å²) in [6.45, 7) is 8.92. The molecule has 1 aromatic rings. The Bertz CT molecular complexity index is 780. The van der Waals surface area contributed by atoms with E-state index in [-0.39, 0.29) is 10.8 Å². The van der Waals surface area contributed by atoms with Crippen molar-refractivity contribution in [3.63, 3.8) is 0 Å². The highest BCUT2D eigenvalue weighted by Gasteiger charge is 2.35. The minimum absolute atomic E-state index is 0.126. The van der Waals surface area contributed by atoms with Gasteiger partial charge < -0.3 is 9.64 Å². The van der Waals surface area contributed by atoms with Crippen molar-refractivity contribution in [2.45, 2.75) is 51.0 Å². The molecule has 0 spiro atoms. The topological polar surface area (TPSA) is 66.9 Å². The predicted molar refractivity (Wildman–Crippen MR) is 96.3 cm³/mol. The first-order valence-electron chi connectivity index (χ1n) is 8.71. The van der Waals surface area contributed by atoms with Crippen LogP contribution in [0.4, 0.5) is 5.69 Å². The molecule has 1 fully saturated rings. The SMILES string of the molecule is CC(=O)N1CC(C)(C)Oc2ccc(S(=O)(=O)N3CCC(C)CC3)cc21. The summed E-state index contributed by atoms with van der Waals surface area (Å²) in [5.41, 5.74) is 0.0143. The van der Waals surface area contributed by atoms with Crippen LogP contribution < -0.4 is 9.64 Å². The predicted octanol–water partition coefficient (Wildman–Crippen LogP) is 2.63. The Morgan fingerprint density at radius 2 is 1.88 bits per heavy atom. The Morgan fingerprint density at radius 3 is 2.48 bits per heavy atom. The molecule has 0 aliphatic carbocycles. The van der Waals surface area contributed by atoms with Crippen molar-refractivity contribution in [3.05, 3.63) is 18.2 Å². The molecule has 0 aromatic heterocycles. The lowest BCUT2D eigenvalue weighted by Crippen LogP contribution is -2.48. The van der Waals surface area contributed by atoms with Crippen LogP contribution in [0.2, 0.25) is 0 Å². The van der Waals surface area contributed by atoms with Crippen molar-refractivity contribution < 1.29 is 17.9 Å². The van der Waals surface area contributed by atoms with Gasteiger partial charge in [-0.2, -0.15) is 4.31 Å². The largest absolute Gasteiger partial charge is 0.484 e. The van der Waals surface area contributed by atoms with Gasteiger partial charge >= 0.3 is 0 Å². The zero-order valence-electron chi connectivity index (χ0n) is 15.3. The maximum Gasteiger partial charge on any atom is 0.243 e. The summed E-state index contributed by atoms with van der Waals surface area (Å²) in [4.78, 5) is 13.9.